The highest BCUT2D eigenvalue weighted by Gasteiger charge is 2.31. The van der Waals surface area contributed by atoms with Crippen LogP contribution >= 0.6 is 0 Å². The van der Waals surface area contributed by atoms with Gasteiger partial charge in [0.1, 0.15) is 5.75 Å². The number of aromatic hydroxyl groups is 1. The first-order valence-corrected chi connectivity index (χ1v) is 9.09. The summed E-state index contributed by atoms with van der Waals surface area (Å²) in [5, 5.41) is 19.1. The van der Waals surface area contributed by atoms with Crippen LogP contribution in [0.15, 0.2) is 54.1 Å². The number of aliphatic carboxylic acids is 1. The molecule has 27 heavy (non-hydrogen) atoms. The zero-order valence-electron chi connectivity index (χ0n) is 15.3. The summed E-state index contributed by atoms with van der Waals surface area (Å²) < 4.78 is 0. The molecule has 1 aliphatic rings. The second-order valence-corrected chi connectivity index (χ2v) is 6.71. The molecule has 5 heteroatoms. The van der Waals surface area contributed by atoms with E-state index in [0.717, 1.165) is 11.1 Å². The molecule has 2 aromatic carbocycles. The van der Waals surface area contributed by atoms with Gasteiger partial charge in [0.2, 0.25) is 0 Å². The quantitative estimate of drug-likeness (QED) is 0.816. The van der Waals surface area contributed by atoms with Crippen molar-refractivity contribution in [3.63, 3.8) is 0 Å². The number of amides is 1. The number of carbonyl (C=O) groups excluding carboxylic acids is 1. The molecule has 5 nitrogen and oxygen atoms in total. The van der Waals surface area contributed by atoms with Gasteiger partial charge in [0.25, 0.3) is 5.91 Å². The smallest absolute Gasteiger partial charge is 0.308 e. The molecule has 1 aliphatic heterocycles. The summed E-state index contributed by atoms with van der Waals surface area (Å²) in [6.45, 7) is 2.50. The van der Waals surface area contributed by atoms with E-state index in [2.05, 4.69) is 0 Å². The lowest BCUT2D eigenvalue weighted by molar-refractivity contribution is -0.138. The first-order valence-electron chi connectivity index (χ1n) is 9.09. The van der Waals surface area contributed by atoms with E-state index < -0.39 is 5.97 Å². The van der Waals surface area contributed by atoms with Crippen molar-refractivity contribution in [3.8, 4) is 5.75 Å². The molecule has 0 bridgehead atoms. The van der Waals surface area contributed by atoms with Crippen LogP contribution in [-0.4, -0.2) is 33.5 Å². The number of carboxylic acid groups (broad SMARTS) is 1. The van der Waals surface area contributed by atoms with Gasteiger partial charge < -0.3 is 15.1 Å². The maximum atomic E-state index is 13.2. The number of hydrogen-bond donors (Lipinski definition) is 2. The second-order valence-electron chi connectivity index (χ2n) is 6.71. The molecule has 0 radical (unpaired) electrons. The van der Waals surface area contributed by atoms with Gasteiger partial charge in [-0.15, -0.1) is 0 Å². The fourth-order valence-corrected chi connectivity index (χ4v) is 3.62. The Morgan fingerprint density at radius 2 is 1.89 bits per heavy atom. The SMILES string of the molecule is CCC1c2ccc(O)cc2C=C(CC(=O)O)C(=O)N1CCc1ccccc1. The van der Waals surface area contributed by atoms with Crippen molar-refractivity contribution in [2.75, 3.05) is 6.54 Å². The largest absolute Gasteiger partial charge is 0.508 e. The highest BCUT2D eigenvalue weighted by Crippen LogP contribution is 2.35. The molecule has 0 fully saturated rings. The Morgan fingerprint density at radius 3 is 2.56 bits per heavy atom. The molecule has 0 saturated heterocycles. The lowest BCUT2D eigenvalue weighted by Gasteiger charge is -2.31. The van der Waals surface area contributed by atoms with E-state index in [1.807, 2.05) is 43.3 Å². The molecular formula is C22H23NO4. The van der Waals surface area contributed by atoms with E-state index in [4.69, 9.17) is 0 Å². The van der Waals surface area contributed by atoms with Crippen LogP contribution in [0.5, 0.6) is 5.75 Å². The molecule has 1 heterocycles. The molecule has 1 atom stereocenters. The Kier molecular flexibility index (Phi) is 5.60. The topological polar surface area (TPSA) is 77.8 Å². The number of fused-ring (bicyclic) bond motifs is 1. The Morgan fingerprint density at radius 1 is 1.15 bits per heavy atom. The minimum absolute atomic E-state index is 0.0970. The molecular weight excluding hydrogens is 342 g/mol. The lowest BCUT2D eigenvalue weighted by Crippen LogP contribution is -2.37. The minimum Gasteiger partial charge on any atom is -0.508 e. The van der Waals surface area contributed by atoms with Crippen LogP contribution in [0.25, 0.3) is 6.08 Å². The summed E-state index contributed by atoms with van der Waals surface area (Å²) >= 11 is 0. The molecule has 1 amide bonds. The average molecular weight is 365 g/mol. The first kappa shape index (κ1) is 18.7. The van der Waals surface area contributed by atoms with Crippen molar-refractivity contribution in [1.29, 1.82) is 0 Å². The normalized spacial score (nSPS) is 16.5. The van der Waals surface area contributed by atoms with Gasteiger partial charge in [-0.25, -0.2) is 0 Å². The van der Waals surface area contributed by atoms with E-state index in [-0.39, 0.29) is 29.7 Å². The minimum atomic E-state index is -1.05. The summed E-state index contributed by atoms with van der Waals surface area (Å²) in [4.78, 5) is 26.2. The molecule has 1 unspecified atom stereocenters. The lowest BCUT2D eigenvalue weighted by atomic mass is 9.97. The standard InChI is InChI=1S/C22H23NO4/c1-2-20-19-9-8-18(24)13-16(19)12-17(14-21(25)26)22(27)23(20)11-10-15-6-4-3-5-7-15/h3-9,12-13,20,24H,2,10-11,14H2,1H3,(H,25,26). The third-order valence-corrected chi connectivity index (χ3v) is 4.88. The van der Waals surface area contributed by atoms with Gasteiger partial charge >= 0.3 is 5.97 Å². The van der Waals surface area contributed by atoms with E-state index in [1.54, 1.807) is 23.1 Å². The van der Waals surface area contributed by atoms with Gasteiger partial charge in [-0.05, 0) is 47.7 Å². The molecule has 0 spiro atoms. The van der Waals surface area contributed by atoms with Gasteiger partial charge in [0.15, 0.2) is 0 Å². The highest BCUT2D eigenvalue weighted by atomic mass is 16.4. The van der Waals surface area contributed by atoms with Crippen LogP contribution in [0.4, 0.5) is 0 Å². The maximum Gasteiger partial charge on any atom is 0.308 e. The Balaban J connectivity index is 1.99. The number of phenols is 1. The van der Waals surface area contributed by atoms with Crippen LogP contribution in [-0.2, 0) is 16.0 Å². The number of carboxylic acids is 1. The zero-order valence-corrected chi connectivity index (χ0v) is 15.3. The first-order chi connectivity index (χ1) is 13.0. The number of phenolic OH excluding ortho intramolecular Hbond substituents is 1. The Bertz CT molecular complexity index is 873. The van der Waals surface area contributed by atoms with Crippen molar-refractivity contribution in [2.45, 2.75) is 32.2 Å². The summed E-state index contributed by atoms with van der Waals surface area (Å²) in [5.41, 5.74) is 2.99. The van der Waals surface area contributed by atoms with Crippen molar-refractivity contribution in [1.82, 2.24) is 4.90 Å². The van der Waals surface area contributed by atoms with Gasteiger partial charge in [0, 0.05) is 12.1 Å². The average Bonchev–Trinajstić information content (AvgIpc) is 2.75. The number of nitrogens with zero attached hydrogens (tertiary/aromatic N) is 1. The third kappa shape index (κ3) is 4.19. The van der Waals surface area contributed by atoms with Gasteiger partial charge in [-0.1, -0.05) is 43.3 Å². The van der Waals surface area contributed by atoms with Crippen LogP contribution in [0, 0.1) is 0 Å². The second kappa shape index (κ2) is 8.08. The fraction of sp³-hybridized carbons (Fsp3) is 0.273. The molecule has 3 rings (SSSR count). The summed E-state index contributed by atoms with van der Waals surface area (Å²) in [7, 11) is 0. The molecule has 0 aromatic heterocycles. The molecule has 2 aromatic rings. The molecule has 140 valence electrons. The Labute approximate surface area is 158 Å². The summed E-state index contributed by atoms with van der Waals surface area (Å²) in [6.07, 6.45) is 2.66. The summed E-state index contributed by atoms with van der Waals surface area (Å²) in [5.74, 6) is -1.20. The third-order valence-electron chi connectivity index (χ3n) is 4.88. The fourth-order valence-electron chi connectivity index (χ4n) is 3.62. The highest BCUT2D eigenvalue weighted by molar-refractivity contribution is 6.02. The molecule has 0 saturated carbocycles. The van der Waals surface area contributed by atoms with Gasteiger partial charge in [0.05, 0.1) is 12.5 Å². The number of hydrogen-bond acceptors (Lipinski definition) is 3. The van der Waals surface area contributed by atoms with Gasteiger partial charge in [-0.2, -0.15) is 0 Å². The maximum absolute atomic E-state index is 13.2. The van der Waals surface area contributed by atoms with Crippen molar-refractivity contribution in [2.24, 2.45) is 0 Å². The van der Waals surface area contributed by atoms with E-state index in [0.29, 0.717) is 24.9 Å². The number of rotatable bonds is 6. The summed E-state index contributed by atoms with van der Waals surface area (Å²) in [6, 6.07) is 14.8. The van der Waals surface area contributed by atoms with E-state index >= 15 is 0 Å². The van der Waals surface area contributed by atoms with E-state index in [1.165, 1.54) is 0 Å². The molecule has 0 aliphatic carbocycles. The Hall–Kier alpha value is -3.08. The monoisotopic (exact) mass is 365 g/mol. The predicted octanol–water partition coefficient (Wildman–Crippen LogP) is 3.79. The van der Waals surface area contributed by atoms with Crippen molar-refractivity contribution < 1.29 is 19.8 Å². The molecule has 2 N–H and O–H groups in total. The van der Waals surface area contributed by atoms with Crippen LogP contribution < -0.4 is 0 Å². The number of benzene rings is 2. The van der Waals surface area contributed by atoms with Crippen molar-refractivity contribution in [3.05, 3.63) is 70.8 Å². The predicted molar refractivity (Wildman–Crippen MR) is 103 cm³/mol. The van der Waals surface area contributed by atoms with Crippen LogP contribution in [0.1, 0.15) is 42.5 Å². The van der Waals surface area contributed by atoms with Crippen molar-refractivity contribution >= 4 is 18.0 Å². The zero-order chi connectivity index (χ0) is 19.4. The number of carbonyl (C=O) groups is 2. The van der Waals surface area contributed by atoms with E-state index in [9.17, 15) is 19.8 Å². The van der Waals surface area contributed by atoms with Gasteiger partial charge in [-0.3, -0.25) is 9.59 Å². The van der Waals surface area contributed by atoms with Crippen LogP contribution in [0.3, 0.4) is 0 Å². The van der Waals surface area contributed by atoms with Crippen LogP contribution in [0.2, 0.25) is 0 Å².